The van der Waals surface area contributed by atoms with E-state index in [1.165, 1.54) is 37.3 Å². The molecule has 224 valence electrons. The molecule has 0 radical (unpaired) electrons. The van der Waals surface area contributed by atoms with Gasteiger partial charge in [0.1, 0.15) is 12.4 Å². The molecule has 2 aliphatic heterocycles. The highest BCUT2D eigenvalue weighted by Gasteiger charge is 2.32. The van der Waals surface area contributed by atoms with E-state index in [1.807, 2.05) is 6.07 Å². The fourth-order valence-corrected chi connectivity index (χ4v) is 4.49. The Morgan fingerprint density at radius 1 is 0.902 bits per heavy atom. The monoisotopic (exact) mass is 583 g/mol. The number of piperidine rings is 1. The third-order valence-electron chi connectivity index (χ3n) is 6.52. The van der Waals surface area contributed by atoms with Gasteiger partial charge in [0, 0.05) is 30.9 Å². The number of hydrogen-bond donors (Lipinski definition) is 3. The summed E-state index contributed by atoms with van der Waals surface area (Å²) in [6, 6.07) is 6.22. The zero-order valence-corrected chi connectivity index (χ0v) is 22.6. The smallest absolute Gasteiger partial charge is 0.416 e. The molecule has 0 spiro atoms. The number of alkyl halides is 3. The molecule has 3 N–H and O–H groups in total. The molecular weight excluding hydrogens is 551 g/mol. The molecule has 11 nitrogen and oxygen atoms in total. The number of amides is 2. The van der Waals surface area contributed by atoms with Crippen LogP contribution in [0.5, 0.6) is 17.2 Å². The van der Waals surface area contributed by atoms with Crippen molar-refractivity contribution in [2.75, 3.05) is 57.2 Å². The molecule has 2 aliphatic rings. The van der Waals surface area contributed by atoms with Gasteiger partial charge in [-0.05, 0) is 56.1 Å². The minimum absolute atomic E-state index is 0.00152. The van der Waals surface area contributed by atoms with Crippen LogP contribution in [0.2, 0.25) is 0 Å². The second-order valence-electron chi connectivity index (χ2n) is 9.27. The molecule has 2 aromatic rings. The lowest BCUT2D eigenvalue weighted by Crippen LogP contribution is -2.33. The van der Waals surface area contributed by atoms with E-state index < -0.39 is 29.7 Å². The van der Waals surface area contributed by atoms with E-state index in [0.29, 0.717) is 36.8 Å². The number of nitrogens with zero attached hydrogens (tertiary/aromatic N) is 2. The van der Waals surface area contributed by atoms with E-state index in [0.717, 1.165) is 37.3 Å². The fourth-order valence-electron chi connectivity index (χ4n) is 4.49. The number of methoxy groups -OCH3 is 2. The zero-order valence-electron chi connectivity index (χ0n) is 22.6. The maximum absolute atomic E-state index is 13.2. The van der Waals surface area contributed by atoms with Crippen molar-refractivity contribution in [1.82, 2.24) is 4.90 Å². The summed E-state index contributed by atoms with van der Waals surface area (Å²) in [6.07, 6.45) is -0.306. The number of anilines is 2. The van der Waals surface area contributed by atoms with Gasteiger partial charge in [0.25, 0.3) is 0 Å². The molecule has 0 atom stereocenters. The molecule has 14 heteroatoms. The van der Waals surface area contributed by atoms with Gasteiger partial charge in [-0.1, -0.05) is 6.42 Å². The highest BCUT2D eigenvalue weighted by Crippen LogP contribution is 2.39. The van der Waals surface area contributed by atoms with Crippen molar-refractivity contribution in [3.63, 3.8) is 0 Å². The number of hydrogen-bond acceptors (Lipinski definition) is 7. The Morgan fingerprint density at radius 2 is 1.59 bits per heavy atom. The first-order valence-corrected chi connectivity index (χ1v) is 12.8. The van der Waals surface area contributed by atoms with Crippen LogP contribution in [0.25, 0.3) is 0 Å². The van der Waals surface area contributed by atoms with Gasteiger partial charge in [-0.3, -0.25) is 9.80 Å². The Kier molecular flexibility index (Phi) is 10.6. The van der Waals surface area contributed by atoms with Gasteiger partial charge in [0.15, 0.2) is 11.5 Å². The fraction of sp³-hybridized carbons (Fsp3) is 0.444. The maximum Gasteiger partial charge on any atom is 0.416 e. The molecular formula is C27H32F3N3O8. The van der Waals surface area contributed by atoms with Crippen molar-refractivity contribution in [3.8, 4) is 17.2 Å². The Morgan fingerprint density at radius 3 is 2.17 bits per heavy atom. The minimum atomic E-state index is -4.56. The molecule has 0 aliphatic carbocycles. The molecule has 2 heterocycles. The van der Waals surface area contributed by atoms with E-state index in [-0.39, 0.29) is 11.4 Å². The van der Waals surface area contributed by atoms with Gasteiger partial charge in [0.05, 0.1) is 25.5 Å². The number of aliphatic carboxylic acids is 2. The molecule has 2 amide bonds. The lowest BCUT2D eigenvalue weighted by atomic mass is 10.1. The molecule has 4 rings (SSSR count). The third kappa shape index (κ3) is 8.64. The number of ether oxygens (including phenoxy) is 3. The Labute approximate surface area is 234 Å². The first kappa shape index (κ1) is 31.3. The highest BCUT2D eigenvalue weighted by atomic mass is 19.4. The molecule has 0 unspecified atom stereocenters. The number of carboxylic acid groups (broad SMARTS) is 2. The van der Waals surface area contributed by atoms with Crippen LogP contribution in [0.3, 0.4) is 0 Å². The van der Waals surface area contributed by atoms with Crippen molar-refractivity contribution in [2.24, 2.45) is 0 Å². The van der Waals surface area contributed by atoms with Crippen LogP contribution in [0, 0.1) is 0 Å². The largest absolute Gasteiger partial charge is 0.497 e. The van der Waals surface area contributed by atoms with Gasteiger partial charge < -0.3 is 29.7 Å². The summed E-state index contributed by atoms with van der Waals surface area (Å²) in [5, 5.41) is 17.4. The van der Waals surface area contributed by atoms with E-state index in [9.17, 15) is 18.0 Å². The van der Waals surface area contributed by atoms with Crippen molar-refractivity contribution < 1.29 is 52.0 Å². The normalized spacial score (nSPS) is 14.8. The average Bonchev–Trinajstić information content (AvgIpc) is 3.35. The highest BCUT2D eigenvalue weighted by molar-refractivity contribution is 6.27. The molecule has 0 saturated carbocycles. The maximum atomic E-state index is 13.2. The molecule has 1 saturated heterocycles. The van der Waals surface area contributed by atoms with Crippen LogP contribution in [0.4, 0.5) is 29.3 Å². The number of nitrogens with one attached hydrogen (secondary N) is 1. The van der Waals surface area contributed by atoms with Crippen LogP contribution in [-0.4, -0.2) is 80.1 Å². The first-order valence-electron chi connectivity index (χ1n) is 12.8. The number of benzene rings is 2. The Balaban J connectivity index is 0.000000696. The molecule has 1 fully saturated rings. The second-order valence-corrected chi connectivity index (χ2v) is 9.27. The van der Waals surface area contributed by atoms with Crippen molar-refractivity contribution in [3.05, 3.63) is 41.5 Å². The van der Waals surface area contributed by atoms with E-state index >= 15 is 0 Å². The zero-order chi connectivity index (χ0) is 30.2. The third-order valence-corrected chi connectivity index (χ3v) is 6.52. The summed E-state index contributed by atoms with van der Waals surface area (Å²) in [5.41, 5.74) is 0.655. The summed E-state index contributed by atoms with van der Waals surface area (Å²) in [4.78, 5) is 35.1. The summed E-state index contributed by atoms with van der Waals surface area (Å²) in [6.45, 7) is 3.82. The summed E-state index contributed by atoms with van der Waals surface area (Å²) in [5.74, 6) is -2.52. The van der Waals surface area contributed by atoms with Gasteiger partial charge in [-0.25, -0.2) is 14.4 Å². The Hall–Kier alpha value is -4.20. The lowest BCUT2D eigenvalue weighted by Gasteiger charge is -2.26. The van der Waals surface area contributed by atoms with Crippen LogP contribution in [0.15, 0.2) is 30.3 Å². The lowest BCUT2D eigenvalue weighted by molar-refractivity contribution is -0.159. The van der Waals surface area contributed by atoms with E-state index in [2.05, 4.69) is 10.2 Å². The first-order chi connectivity index (χ1) is 19.4. The quantitative estimate of drug-likeness (QED) is 0.407. The van der Waals surface area contributed by atoms with Gasteiger partial charge in [-0.15, -0.1) is 0 Å². The number of fused-ring (bicyclic) bond motifs is 1. The minimum Gasteiger partial charge on any atom is -0.497 e. The number of carbonyl (C=O) groups excluding carboxylic acids is 1. The SMILES string of the molecule is COc1cc(NC(=O)N2CCc3cc(OC)c(OCCN4CCCCC4)cc32)cc(C(F)(F)F)c1.O=C(O)C(=O)O. The van der Waals surface area contributed by atoms with Crippen LogP contribution < -0.4 is 24.4 Å². The molecule has 0 bridgehead atoms. The molecule has 0 aromatic heterocycles. The number of carboxylic acids is 2. The summed E-state index contributed by atoms with van der Waals surface area (Å²) in [7, 11) is 2.84. The van der Waals surface area contributed by atoms with Crippen LogP contribution >= 0.6 is 0 Å². The number of urea groups is 1. The standard InChI is InChI=1S/C25H30F3N3O4.C2H2O4/c1-33-20-14-18(25(26,27)28)13-19(15-20)29-24(32)31-9-6-17-12-22(34-2)23(16-21(17)31)35-11-10-30-7-4-3-5-8-30;3-1(4)2(5)6/h12-16H,3-11H2,1-2H3,(H,29,32);(H,3,4)(H,5,6). The average molecular weight is 584 g/mol. The predicted molar refractivity (Wildman–Crippen MR) is 142 cm³/mol. The van der Waals surface area contributed by atoms with Crippen molar-refractivity contribution in [2.45, 2.75) is 31.9 Å². The van der Waals surface area contributed by atoms with Gasteiger partial charge in [0.2, 0.25) is 0 Å². The Bertz CT molecular complexity index is 1240. The van der Waals surface area contributed by atoms with E-state index in [4.69, 9.17) is 34.0 Å². The number of rotatable bonds is 7. The molecule has 2 aromatic carbocycles. The second kappa shape index (κ2) is 13.9. The van der Waals surface area contributed by atoms with Gasteiger partial charge in [-0.2, -0.15) is 13.2 Å². The number of halogens is 3. The number of likely N-dealkylation sites (tertiary alicyclic amines) is 1. The molecule has 41 heavy (non-hydrogen) atoms. The van der Waals surface area contributed by atoms with Gasteiger partial charge >= 0.3 is 24.1 Å². The van der Waals surface area contributed by atoms with E-state index in [1.54, 1.807) is 13.2 Å². The van der Waals surface area contributed by atoms with Crippen LogP contribution in [-0.2, 0) is 22.2 Å². The topological polar surface area (TPSA) is 138 Å². The van der Waals surface area contributed by atoms with Crippen molar-refractivity contribution >= 4 is 29.3 Å². The van der Waals surface area contributed by atoms with Crippen molar-refractivity contribution in [1.29, 1.82) is 0 Å². The van der Waals surface area contributed by atoms with Crippen LogP contribution in [0.1, 0.15) is 30.4 Å². The summed E-state index contributed by atoms with van der Waals surface area (Å²) < 4.78 is 56.2. The summed E-state index contributed by atoms with van der Waals surface area (Å²) >= 11 is 0. The number of carbonyl (C=O) groups is 3. The predicted octanol–water partition coefficient (Wildman–Crippen LogP) is 4.34.